The first-order valence-corrected chi connectivity index (χ1v) is 15.3. The lowest BCUT2D eigenvalue weighted by Gasteiger charge is -2.32. The van der Waals surface area contributed by atoms with Gasteiger partial charge in [0.25, 0.3) is 0 Å². The SMILES string of the molecule is O=C1CCCN1CCCNc1nc(NC2CCN(Cc3ccccc3)CC2)nc2c1ncn2Cc1ccc(C(F)(F)F)cc1. The second-order valence-electron chi connectivity index (χ2n) is 11.6. The molecule has 6 rings (SSSR count). The van der Waals surface area contributed by atoms with Crippen LogP contribution in [0.15, 0.2) is 60.9 Å². The molecule has 2 aliphatic rings. The Balaban J connectivity index is 1.16. The monoisotopic (exact) mass is 606 g/mol. The molecule has 2 fully saturated rings. The van der Waals surface area contributed by atoms with Crippen LogP contribution >= 0.6 is 0 Å². The lowest BCUT2D eigenvalue weighted by molar-refractivity contribution is -0.137. The predicted molar refractivity (Wildman–Crippen MR) is 163 cm³/mol. The van der Waals surface area contributed by atoms with E-state index in [4.69, 9.17) is 9.97 Å². The van der Waals surface area contributed by atoms with Gasteiger partial charge in [-0.25, -0.2) is 4.98 Å². The van der Waals surface area contributed by atoms with Crippen LogP contribution in [0.25, 0.3) is 11.2 Å². The van der Waals surface area contributed by atoms with E-state index in [-0.39, 0.29) is 11.9 Å². The zero-order valence-electron chi connectivity index (χ0n) is 24.6. The van der Waals surface area contributed by atoms with Crippen LogP contribution in [0.2, 0.25) is 0 Å². The number of halogens is 3. The number of carbonyl (C=O) groups is 1. The number of alkyl halides is 3. The van der Waals surface area contributed by atoms with Crippen LogP contribution in [-0.2, 0) is 24.1 Å². The standard InChI is InChI=1S/C32H37F3N8O/c33-32(34,35)25-11-9-24(10-12-25)21-43-22-37-28-29(36-15-5-17-42-16-4-8-27(42)44)39-31(40-30(28)43)38-26-13-18-41(19-14-26)20-23-6-2-1-3-7-23/h1-3,6-7,9-12,22,26H,4-5,8,13-21H2,(H2,36,38,39,40). The van der Waals surface area contributed by atoms with Gasteiger partial charge in [-0.3, -0.25) is 9.69 Å². The van der Waals surface area contributed by atoms with Crippen LogP contribution < -0.4 is 10.6 Å². The van der Waals surface area contributed by atoms with Crippen molar-refractivity contribution >= 4 is 28.8 Å². The first-order valence-electron chi connectivity index (χ1n) is 15.3. The number of amides is 1. The number of likely N-dealkylation sites (tertiary alicyclic amines) is 2. The summed E-state index contributed by atoms with van der Waals surface area (Å²) in [6.45, 7) is 5.27. The fourth-order valence-electron chi connectivity index (χ4n) is 5.92. The van der Waals surface area contributed by atoms with E-state index in [9.17, 15) is 18.0 Å². The van der Waals surface area contributed by atoms with Gasteiger partial charge < -0.3 is 20.1 Å². The van der Waals surface area contributed by atoms with Crippen molar-refractivity contribution in [3.8, 4) is 0 Å². The summed E-state index contributed by atoms with van der Waals surface area (Å²) >= 11 is 0. The van der Waals surface area contributed by atoms with Crippen LogP contribution in [-0.4, -0.2) is 74.0 Å². The molecule has 1 amide bonds. The number of hydrogen-bond acceptors (Lipinski definition) is 7. The van der Waals surface area contributed by atoms with E-state index in [0.29, 0.717) is 54.5 Å². The van der Waals surface area contributed by atoms with E-state index in [0.717, 1.165) is 64.0 Å². The van der Waals surface area contributed by atoms with Gasteiger partial charge in [0.15, 0.2) is 17.0 Å². The molecule has 0 radical (unpaired) electrons. The highest BCUT2D eigenvalue weighted by atomic mass is 19.4. The molecule has 44 heavy (non-hydrogen) atoms. The molecule has 2 aliphatic heterocycles. The molecule has 0 bridgehead atoms. The van der Waals surface area contributed by atoms with E-state index < -0.39 is 11.7 Å². The van der Waals surface area contributed by atoms with E-state index in [2.05, 4.69) is 44.8 Å². The average Bonchev–Trinajstić information content (AvgIpc) is 3.62. The van der Waals surface area contributed by atoms with Crippen LogP contribution in [0.1, 0.15) is 48.8 Å². The molecule has 4 heterocycles. The minimum Gasteiger partial charge on any atom is -0.368 e. The number of aromatic nitrogens is 4. The Morgan fingerprint density at radius 2 is 1.66 bits per heavy atom. The van der Waals surface area contributed by atoms with E-state index in [1.54, 1.807) is 6.33 Å². The summed E-state index contributed by atoms with van der Waals surface area (Å²) in [6.07, 6.45) is 1.47. The van der Waals surface area contributed by atoms with Crippen molar-refractivity contribution in [2.24, 2.45) is 0 Å². The van der Waals surface area contributed by atoms with Gasteiger partial charge in [0, 0.05) is 51.7 Å². The Morgan fingerprint density at radius 1 is 0.909 bits per heavy atom. The third-order valence-electron chi connectivity index (χ3n) is 8.34. The van der Waals surface area contributed by atoms with Crippen molar-refractivity contribution in [1.29, 1.82) is 0 Å². The number of anilines is 2. The minimum absolute atomic E-state index is 0.206. The Labute approximate surface area is 254 Å². The Bertz CT molecular complexity index is 1550. The lowest BCUT2D eigenvalue weighted by atomic mass is 10.0. The Morgan fingerprint density at radius 3 is 2.36 bits per heavy atom. The summed E-state index contributed by atoms with van der Waals surface area (Å²) in [7, 11) is 0. The third kappa shape index (κ3) is 7.29. The van der Waals surface area contributed by atoms with Gasteiger partial charge in [-0.2, -0.15) is 23.1 Å². The first kappa shape index (κ1) is 29.9. The summed E-state index contributed by atoms with van der Waals surface area (Å²) in [5.41, 5.74) is 2.53. The second-order valence-corrected chi connectivity index (χ2v) is 11.6. The Kier molecular flexibility index (Phi) is 8.96. The largest absolute Gasteiger partial charge is 0.416 e. The highest BCUT2D eigenvalue weighted by Gasteiger charge is 2.30. The van der Waals surface area contributed by atoms with Crippen LogP contribution in [0, 0.1) is 0 Å². The molecular weight excluding hydrogens is 569 g/mol. The van der Waals surface area contributed by atoms with Crippen molar-refractivity contribution in [1.82, 2.24) is 29.3 Å². The van der Waals surface area contributed by atoms with E-state index >= 15 is 0 Å². The summed E-state index contributed by atoms with van der Waals surface area (Å²) in [5, 5.41) is 6.94. The molecule has 2 aromatic heterocycles. The second kappa shape index (κ2) is 13.2. The summed E-state index contributed by atoms with van der Waals surface area (Å²) in [6, 6.07) is 15.8. The maximum atomic E-state index is 13.1. The van der Waals surface area contributed by atoms with Gasteiger partial charge >= 0.3 is 6.18 Å². The number of carbonyl (C=O) groups excluding carboxylic acids is 1. The van der Waals surface area contributed by atoms with Gasteiger partial charge in [0.1, 0.15) is 0 Å². The smallest absolute Gasteiger partial charge is 0.368 e. The molecule has 12 heteroatoms. The normalized spacial score (nSPS) is 16.6. The highest BCUT2D eigenvalue weighted by molar-refractivity contribution is 5.84. The zero-order valence-corrected chi connectivity index (χ0v) is 24.6. The first-order chi connectivity index (χ1) is 21.3. The predicted octanol–water partition coefficient (Wildman–Crippen LogP) is 5.39. The van der Waals surface area contributed by atoms with E-state index in [1.165, 1.54) is 17.7 Å². The fraction of sp³-hybridized carbons (Fsp3) is 0.438. The van der Waals surface area contributed by atoms with Crippen molar-refractivity contribution in [2.75, 3.05) is 43.4 Å². The van der Waals surface area contributed by atoms with Crippen molar-refractivity contribution in [2.45, 2.75) is 57.4 Å². The highest BCUT2D eigenvalue weighted by Crippen LogP contribution is 2.30. The molecule has 9 nitrogen and oxygen atoms in total. The maximum absolute atomic E-state index is 13.1. The molecule has 0 aliphatic carbocycles. The minimum atomic E-state index is -4.38. The van der Waals surface area contributed by atoms with Crippen LogP contribution in [0.4, 0.5) is 24.9 Å². The van der Waals surface area contributed by atoms with Gasteiger partial charge in [0.05, 0.1) is 18.4 Å². The van der Waals surface area contributed by atoms with Crippen molar-refractivity contribution < 1.29 is 18.0 Å². The van der Waals surface area contributed by atoms with Gasteiger partial charge in [0.2, 0.25) is 11.9 Å². The molecule has 0 spiro atoms. The summed E-state index contributed by atoms with van der Waals surface area (Å²) in [4.78, 5) is 30.5. The zero-order chi connectivity index (χ0) is 30.5. The molecule has 0 unspecified atom stereocenters. The molecule has 232 valence electrons. The molecule has 0 saturated carbocycles. The number of nitrogens with zero attached hydrogens (tertiary/aromatic N) is 6. The number of nitrogens with one attached hydrogen (secondary N) is 2. The fourth-order valence-corrected chi connectivity index (χ4v) is 5.92. The molecule has 4 aromatic rings. The Hall–Kier alpha value is -4.19. The van der Waals surface area contributed by atoms with Crippen LogP contribution in [0.3, 0.4) is 0 Å². The molecular formula is C32H37F3N8O. The lowest BCUT2D eigenvalue weighted by Crippen LogP contribution is -2.39. The summed E-state index contributed by atoms with van der Waals surface area (Å²) < 4.78 is 41.1. The third-order valence-corrected chi connectivity index (χ3v) is 8.34. The maximum Gasteiger partial charge on any atom is 0.416 e. The molecule has 0 atom stereocenters. The number of hydrogen-bond donors (Lipinski definition) is 2. The number of rotatable bonds is 11. The van der Waals surface area contributed by atoms with Crippen molar-refractivity contribution in [3.63, 3.8) is 0 Å². The molecule has 2 aromatic carbocycles. The van der Waals surface area contributed by atoms with Gasteiger partial charge in [-0.05, 0) is 48.9 Å². The topological polar surface area (TPSA) is 91.2 Å². The average molecular weight is 607 g/mol. The van der Waals surface area contributed by atoms with Crippen LogP contribution in [0.5, 0.6) is 0 Å². The van der Waals surface area contributed by atoms with Crippen molar-refractivity contribution in [3.05, 3.63) is 77.6 Å². The summed E-state index contributed by atoms with van der Waals surface area (Å²) in [5.74, 6) is 1.29. The molecule has 2 saturated heterocycles. The number of imidazole rings is 1. The van der Waals surface area contributed by atoms with Gasteiger partial charge in [-0.1, -0.05) is 42.5 Å². The van der Waals surface area contributed by atoms with Gasteiger partial charge in [-0.15, -0.1) is 0 Å². The quantitative estimate of drug-likeness (QED) is 0.221. The number of benzene rings is 2. The number of fused-ring (bicyclic) bond motifs is 1. The van der Waals surface area contributed by atoms with E-state index in [1.807, 2.05) is 15.5 Å². The number of piperidine rings is 1. The molecule has 2 N–H and O–H groups in total.